The molecule has 2 aromatic carbocycles. The van der Waals surface area contributed by atoms with Crippen LogP contribution in [0.1, 0.15) is 21.5 Å². The van der Waals surface area contributed by atoms with Gasteiger partial charge in [0.1, 0.15) is 12.3 Å². The fraction of sp³-hybridized carbons (Fsp3) is 0.250. The lowest BCUT2D eigenvalue weighted by Crippen LogP contribution is -2.30. The molecule has 0 saturated carbocycles. The standard InChI is InChI=1S/C24H27N3O3/c1-17-9-11-18(12-10-17)23(28)25-21(24(29)30-14-13-26(2)3)15-19-16-27(4)22-8-6-5-7-20(19)22/h5-12,15-16H,13-14H2,1-4H3,(H,25,28). The minimum Gasteiger partial charge on any atom is -0.460 e. The molecule has 0 atom stereocenters. The molecule has 0 aliphatic rings. The van der Waals surface area contributed by atoms with Crippen LogP contribution in [0.3, 0.4) is 0 Å². The van der Waals surface area contributed by atoms with Gasteiger partial charge in [-0.05, 0) is 45.3 Å². The van der Waals surface area contributed by atoms with Crippen LogP contribution in [-0.4, -0.2) is 48.6 Å². The Morgan fingerprint density at radius 1 is 1.10 bits per heavy atom. The van der Waals surface area contributed by atoms with E-state index in [4.69, 9.17) is 4.74 Å². The fourth-order valence-corrected chi connectivity index (χ4v) is 3.09. The number of para-hydroxylation sites is 1. The number of esters is 1. The fourth-order valence-electron chi connectivity index (χ4n) is 3.09. The Hall–Kier alpha value is -3.38. The van der Waals surface area contributed by atoms with E-state index in [9.17, 15) is 9.59 Å². The van der Waals surface area contributed by atoms with Crippen LogP contribution >= 0.6 is 0 Å². The number of likely N-dealkylation sites (N-methyl/N-ethyl adjacent to an activating group) is 1. The zero-order chi connectivity index (χ0) is 21.7. The Bertz CT molecular complexity index is 1080. The van der Waals surface area contributed by atoms with Crippen LogP contribution in [0.4, 0.5) is 0 Å². The van der Waals surface area contributed by atoms with Crippen molar-refractivity contribution in [2.45, 2.75) is 6.92 Å². The molecule has 0 bridgehead atoms. The average molecular weight is 405 g/mol. The summed E-state index contributed by atoms with van der Waals surface area (Å²) >= 11 is 0. The highest BCUT2D eigenvalue weighted by Gasteiger charge is 2.17. The summed E-state index contributed by atoms with van der Waals surface area (Å²) in [7, 11) is 5.75. The first-order chi connectivity index (χ1) is 14.3. The first-order valence-corrected chi connectivity index (χ1v) is 9.81. The molecule has 0 radical (unpaired) electrons. The third-order valence-electron chi connectivity index (χ3n) is 4.78. The lowest BCUT2D eigenvalue weighted by Gasteiger charge is -2.13. The molecule has 1 N–H and O–H groups in total. The highest BCUT2D eigenvalue weighted by atomic mass is 16.5. The summed E-state index contributed by atoms with van der Waals surface area (Å²) in [6, 6.07) is 15.1. The summed E-state index contributed by atoms with van der Waals surface area (Å²) in [6.45, 7) is 2.79. The van der Waals surface area contributed by atoms with Gasteiger partial charge in [-0.2, -0.15) is 0 Å². The molecule has 6 heteroatoms. The van der Waals surface area contributed by atoms with E-state index >= 15 is 0 Å². The lowest BCUT2D eigenvalue weighted by atomic mass is 10.1. The number of aryl methyl sites for hydroxylation is 2. The van der Waals surface area contributed by atoms with E-state index in [1.54, 1.807) is 18.2 Å². The minimum atomic E-state index is -0.565. The second-order valence-corrected chi connectivity index (χ2v) is 7.53. The van der Waals surface area contributed by atoms with Gasteiger partial charge in [-0.1, -0.05) is 35.9 Å². The van der Waals surface area contributed by atoms with Crippen molar-refractivity contribution >= 4 is 28.9 Å². The van der Waals surface area contributed by atoms with E-state index in [1.165, 1.54) is 0 Å². The normalized spacial score (nSPS) is 11.7. The number of aromatic nitrogens is 1. The number of nitrogens with zero attached hydrogens (tertiary/aromatic N) is 2. The minimum absolute atomic E-state index is 0.107. The summed E-state index contributed by atoms with van der Waals surface area (Å²) in [6.07, 6.45) is 3.60. The first kappa shape index (κ1) is 21.3. The molecular weight excluding hydrogens is 378 g/mol. The van der Waals surface area contributed by atoms with Gasteiger partial charge < -0.3 is 19.5 Å². The Balaban J connectivity index is 1.92. The first-order valence-electron chi connectivity index (χ1n) is 9.81. The molecule has 156 valence electrons. The van der Waals surface area contributed by atoms with Crippen LogP contribution in [0.25, 0.3) is 17.0 Å². The number of hydrogen-bond acceptors (Lipinski definition) is 4. The predicted molar refractivity (Wildman–Crippen MR) is 119 cm³/mol. The van der Waals surface area contributed by atoms with Gasteiger partial charge in [0.05, 0.1) is 0 Å². The highest BCUT2D eigenvalue weighted by molar-refractivity contribution is 6.04. The number of ether oxygens (including phenoxy) is 1. The summed E-state index contributed by atoms with van der Waals surface area (Å²) in [4.78, 5) is 27.4. The zero-order valence-electron chi connectivity index (χ0n) is 17.8. The van der Waals surface area contributed by atoms with E-state index in [0.717, 1.165) is 22.0 Å². The molecule has 1 heterocycles. The Morgan fingerprint density at radius 3 is 2.50 bits per heavy atom. The van der Waals surface area contributed by atoms with Crippen molar-refractivity contribution in [1.29, 1.82) is 0 Å². The summed E-state index contributed by atoms with van der Waals surface area (Å²) in [5, 5.41) is 3.73. The molecule has 0 aliphatic carbocycles. The highest BCUT2D eigenvalue weighted by Crippen LogP contribution is 2.22. The van der Waals surface area contributed by atoms with Gasteiger partial charge in [0.25, 0.3) is 5.91 Å². The number of rotatable bonds is 7. The third-order valence-corrected chi connectivity index (χ3v) is 4.78. The van der Waals surface area contributed by atoms with E-state index in [-0.39, 0.29) is 18.2 Å². The van der Waals surface area contributed by atoms with Crippen molar-refractivity contribution in [2.75, 3.05) is 27.2 Å². The number of nitrogens with one attached hydrogen (secondary N) is 1. The van der Waals surface area contributed by atoms with E-state index in [2.05, 4.69) is 5.32 Å². The molecule has 6 nitrogen and oxygen atoms in total. The molecule has 1 amide bonds. The van der Waals surface area contributed by atoms with Crippen molar-refractivity contribution in [2.24, 2.45) is 7.05 Å². The Kier molecular flexibility index (Phi) is 6.69. The topological polar surface area (TPSA) is 63.6 Å². The van der Waals surface area contributed by atoms with Gasteiger partial charge in [-0.25, -0.2) is 4.79 Å². The number of amides is 1. The average Bonchev–Trinajstić information content (AvgIpc) is 3.03. The second kappa shape index (κ2) is 9.41. The Labute approximate surface area is 176 Å². The third kappa shape index (κ3) is 5.15. The van der Waals surface area contributed by atoms with Gasteiger partial charge in [0.2, 0.25) is 0 Å². The molecule has 0 saturated heterocycles. The van der Waals surface area contributed by atoms with E-state index in [0.29, 0.717) is 12.1 Å². The van der Waals surface area contributed by atoms with Crippen LogP contribution in [0.5, 0.6) is 0 Å². The molecule has 0 fully saturated rings. The van der Waals surface area contributed by atoms with Crippen molar-refractivity contribution < 1.29 is 14.3 Å². The molecule has 0 unspecified atom stereocenters. The molecule has 30 heavy (non-hydrogen) atoms. The monoisotopic (exact) mass is 405 g/mol. The van der Waals surface area contributed by atoms with Gasteiger partial charge >= 0.3 is 5.97 Å². The van der Waals surface area contributed by atoms with Gasteiger partial charge in [-0.3, -0.25) is 4.79 Å². The largest absolute Gasteiger partial charge is 0.460 e. The van der Waals surface area contributed by atoms with Crippen LogP contribution in [0.15, 0.2) is 60.4 Å². The lowest BCUT2D eigenvalue weighted by molar-refractivity contribution is -0.139. The van der Waals surface area contributed by atoms with Crippen molar-refractivity contribution in [3.63, 3.8) is 0 Å². The van der Waals surface area contributed by atoms with E-state index in [1.807, 2.05) is 80.1 Å². The molecule has 3 aromatic rings. The maximum atomic E-state index is 12.8. The van der Waals surface area contributed by atoms with E-state index < -0.39 is 5.97 Å². The summed E-state index contributed by atoms with van der Waals surface area (Å²) < 4.78 is 7.38. The second-order valence-electron chi connectivity index (χ2n) is 7.53. The molecule has 1 aromatic heterocycles. The van der Waals surface area contributed by atoms with Gasteiger partial charge in [-0.15, -0.1) is 0 Å². The molecule has 0 aliphatic heterocycles. The number of carbonyl (C=O) groups is 2. The quantitative estimate of drug-likeness (QED) is 0.484. The maximum Gasteiger partial charge on any atom is 0.354 e. The molecular formula is C24H27N3O3. The number of fused-ring (bicyclic) bond motifs is 1. The van der Waals surface area contributed by atoms with Crippen molar-refractivity contribution in [3.05, 3.63) is 77.1 Å². The van der Waals surface area contributed by atoms with Gasteiger partial charge in [0.15, 0.2) is 0 Å². The number of benzene rings is 2. The van der Waals surface area contributed by atoms with Gasteiger partial charge in [0, 0.05) is 41.8 Å². The summed E-state index contributed by atoms with van der Waals surface area (Å²) in [5.41, 5.74) is 3.51. The molecule has 0 spiro atoms. The van der Waals surface area contributed by atoms with Crippen LogP contribution < -0.4 is 5.32 Å². The smallest absolute Gasteiger partial charge is 0.354 e. The number of hydrogen-bond donors (Lipinski definition) is 1. The molecule has 3 rings (SSSR count). The predicted octanol–water partition coefficient (Wildman–Crippen LogP) is 3.36. The van der Waals surface area contributed by atoms with Crippen LogP contribution in [0.2, 0.25) is 0 Å². The zero-order valence-corrected chi connectivity index (χ0v) is 17.8. The van der Waals surface area contributed by atoms with Crippen molar-refractivity contribution in [1.82, 2.24) is 14.8 Å². The summed E-state index contributed by atoms with van der Waals surface area (Å²) in [5.74, 6) is -0.920. The van der Waals surface area contributed by atoms with Crippen LogP contribution in [0, 0.1) is 6.92 Å². The number of carbonyl (C=O) groups excluding carboxylic acids is 2. The van der Waals surface area contributed by atoms with Crippen molar-refractivity contribution in [3.8, 4) is 0 Å². The van der Waals surface area contributed by atoms with Crippen LogP contribution in [-0.2, 0) is 16.6 Å². The SMILES string of the molecule is Cc1ccc(C(=O)NC(=Cc2cn(C)c3ccccc23)C(=O)OCCN(C)C)cc1. The Morgan fingerprint density at radius 2 is 1.80 bits per heavy atom. The maximum absolute atomic E-state index is 12.8.